The Bertz CT molecular complexity index is 844. The number of rotatable bonds is 3. The first kappa shape index (κ1) is 16.9. The van der Waals surface area contributed by atoms with E-state index >= 15 is 0 Å². The molecule has 1 fully saturated rings. The number of nitrogens with one attached hydrogen (secondary N) is 2. The molecule has 0 bridgehead atoms. The van der Waals surface area contributed by atoms with Crippen LogP contribution in [0.2, 0.25) is 5.02 Å². The monoisotopic (exact) mass is 361 g/mol. The lowest BCUT2D eigenvalue weighted by Gasteiger charge is -2.30. The van der Waals surface area contributed by atoms with Crippen molar-refractivity contribution >= 4 is 40.8 Å². The molecule has 0 radical (unpaired) electrons. The Balaban J connectivity index is 1.83. The van der Waals surface area contributed by atoms with E-state index in [-0.39, 0.29) is 17.3 Å². The number of amides is 4. The summed E-state index contributed by atoms with van der Waals surface area (Å²) in [7, 11) is 0. The number of benzene rings is 2. The third-order valence-electron chi connectivity index (χ3n) is 3.70. The number of carbonyl (C=O) groups is 3. The summed E-state index contributed by atoms with van der Waals surface area (Å²) in [6.45, 7) is -0.123. The number of imide groups is 1. The van der Waals surface area contributed by atoms with Gasteiger partial charge in [-0.05, 0) is 30.3 Å². The largest absolute Gasteiger partial charge is 0.336 e. The van der Waals surface area contributed by atoms with Crippen molar-refractivity contribution in [3.8, 4) is 0 Å². The molecule has 0 saturated carbocycles. The quantitative estimate of drug-likeness (QED) is 0.825. The van der Waals surface area contributed by atoms with Gasteiger partial charge in [0.2, 0.25) is 11.8 Å². The summed E-state index contributed by atoms with van der Waals surface area (Å²) in [5, 5.41) is 4.88. The fourth-order valence-electron chi connectivity index (χ4n) is 2.44. The van der Waals surface area contributed by atoms with E-state index in [0.717, 1.165) is 17.0 Å². The molecule has 1 atom stereocenters. The summed E-state index contributed by atoms with van der Waals surface area (Å²) in [6, 6.07) is 11.4. The average Bonchev–Trinajstić information content (AvgIpc) is 2.59. The molecular weight excluding hydrogens is 349 g/mol. The van der Waals surface area contributed by atoms with E-state index in [1.807, 2.05) is 0 Å². The van der Waals surface area contributed by atoms with E-state index < -0.39 is 29.6 Å². The van der Waals surface area contributed by atoms with Crippen molar-refractivity contribution in [2.75, 3.05) is 16.8 Å². The van der Waals surface area contributed by atoms with Crippen molar-refractivity contribution in [1.82, 2.24) is 5.32 Å². The van der Waals surface area contributed by atoms with Gasteiger partial charge < -0.3 is 10.6 Å². The molecule has 4 amide bonds. The minimum absolute atomic E-state index is 0.0890. The third kappa shape index (κ3) is 3.46. The van der Waals surface area contributed by atoms with Gasteiger partial charge in [0.05, 0.1) is 10.7 Å². The Morgan fingerprint density at radius 3 is 2.60 bits per heavy atom. The zero-order chi connectivity index (χ0) is 18.0. The fourth-order valence-corrected chi connectivity index (χ4v) is 2.61. The van der Waals surface area contributed by atoms with Crippen LogP contribution in [-0.2, 0) is 9.59 Å². The molecule has 1 aliphatic rings. The van der Waals surface area contributed by atoms with Gasteiger partial charge in [0, 0.05) is 12.2 Å². The molecule has 2 aromatic carbocycles. The molecule has 0 spiro atoms. The minimum atomic E-state index is -1.11. The first-order chi connectivity index (χ1) is 12.0. The molecule has 3 rings (SSSR count). The lowest BCUT2D eigenvalue weighted by Crippen LogP contribution is -2.58. The van der Waals surface area contributed by atoms with E-state index in [9.17, 15) is 18.8 Å². The first-order valence-corrected chi connectivity index (χ1v) is 7.78. The van der Waals surface area contributed by atoms with Gasteiger partial charge in [-0.2, -0.15) is 0 Å². The van der Waals surface area contributed by atoms with Crippen molar-refractivity contribution < 1.29 is 18.8 Å². The summed E-state index contributed by atoms with van der Waals surface area (Å²) in [6.07, 6.45) is 0. The van der Waals surface area contributed by atoms with Crippen LogP contribution in [0.5, 0.6) is 0 Å². The number of para-hydroxylation sites is 1. The number of hydrogen-bond donors (Lipinski definition) is 2. The fraction of sp³-hybridized carbons (Fsp3) is 0.118. The van der Waals surface area contributed by atoms with Gasteiger partial charge in [-0.3, -0.25) is 9.59 Å². The number of hydrogen-bond acceptors (Lipinski definition) is 3. The number of carbonyl (C=O) groups excluding carboxylic acids is 3. The number of anilines is 2. The highest BCUT2D eigenvalue weighted by Gasteiger charge is 2.39. The Morgan fingerprint density at radius 1 is 1.20 bits per heavy atom. The standard InChI is InChI=1S/C17H13ClFN3O3/c18-13-8-11(6-7-14(13)19)22-16(24)12(9-20-17(22)25)15(23)21-10-4-2-1-3-5-10/h1-8,12H,9H2,(H,20,25)(H,21,23). The van der Waals surface area contributed by atoms with Gasteiger partial charge >= 0.3 is 6.03 Å². The molecule has 2 aromatic rings. The van der Waals surface area contributed by atoms with E-state index in [2.05, 4.69) is 10.6 Å². The Morgan fingerprint density at radius 2 is 1.92 bits per heavy atom. The SMILES string of the molecule is O=C(Nc1ccccc1)C1CNC(=O)N(c2ccc(F)c(Cl)c2)C1=O. The van der Waals surface area contributed by atoms with Crippen LogP contribution in [0.3, 0.4) is 0 Å². The van der Waals surface area contributed by atoms with Gasteiger partial charge in [-0.25, -0.2) is 14.1 Å². The maximum Gasteiger partial charge on any atom is 0.328 e. The smallest absolute Gasteiger partial charge is 0.328 e. The second-order valence-electron chi connectivity index (χ2n) is 5.37. The zero-order valence-corrected chi connectivity index (χ0v) is 13.6. The maximum absolute atomic E-state index is 13.3. The van der Waals surface area contributed by atoms with Gasteiger partial charge in [0.15, 0.2) is 0 Å². The maximum atomic E-state index is 13.3. The van der Waals surface area contributed by atoms with E-state index in [4.69, 9.17) is 11.6 Å². The van der Waals surface area contributed by atoms with Crippen LogP contribution in [0, 0.1) is 11.7 Å². The van der Waals surface area contributed by atoms with Gasteiger partial charge in [-0.1, -0.05) is 29.8 Å². The molecule has 6 nitrogen and oxygen atoms in total. The highest BCUT2D eigenvalue weighted by molar-refractivity contribution is 6.31. The van der Waals surface area contributed by atoms with E-state index in [1.165, 1.54) is 6.07 Å². The molecular formula is C17H13ClFN3O3. The van der Waals surface area contributed by atoms with Gasteiger partial charge in [-0.15, -0.1) is 0 Å². The van der Waals surface area contributed by atoms with Crippen molar-refractivity contribution in [2.24, 2.45) is 5.92 Å². The molecule has 2 N–H and O–H groups in total. The topological polar surface area (TPSA) is 78.5 Å². The Labute approximate surface area is 147 Å². The first-order valence-electron chi connectivity index (χ1n) is 7.40. The molecule has 25 heavy (non-hydrogen) atoms. The van der Waals surface area contributed by atoms with Crippen molar-refractivity contribution in [3.63, 3.8) is 0 Å². The van der Waals surface area contributed by atoms with Gasteiger partial charge in [0.1, 0.15) is 11.7 Å². The van der Waals surface area contributed by atoms with Crippen LogP contribution in [0.4, 0.5) is 20.6 Å². The van der Waals surface area contributed by atoms with Gasteiger partial charge in [0.25, 0.3) is 0 Å². The summed E-state index contributed by atoms with van der Waals surface area (Å²) in [5.41, 5.74) is 0.625. The van der Waals surface area contributed by atoms with Crippen LogP contribution >= 0.6 is 11.6 Å². The third-order valence-corrected chi connectivity index (χ3v) is 3.99. The highest BCUT2D eigenvalue weighted by Crippen LogP contribution is 2.26. The number of urea groups is 1. The number of halogens is 2. The van der Waals surface area contributed by atoms with E-state index in [0.29, 0.717) is 5.69 Å². The lowest BCUT2D eigenvalue weighted by molar-refractivity contribution is -0.130. The van der Waals surface area contributed by atoms with Crippen molar-refractivity contribution in [3.05, 3.63) is 59.4 Å². The molecule has 0 aromatic heterocycles. The summed E-state index contributed by atoms with van der Waals surface area (Å²) in [4.78, 5) is 37.9. The summed E-state index contributed by atoms with van der Waals surface area (Å²) >= 11 is 5.71. The van der Waals surface area contributed by atoms with Crippen molar-refractivity contribution in [1.29, 1.82) is 0 Å². The molecule has 8 heteroatoms. The zero-order valence-electron chi connectivity index (χ0n) is 12.8. The second-order valence-corrected chi connectivity index (χ2v) is 5.77. The molecule has 0 aliphatic carbocycles. The Kier molecular flexibility index (Phi) is 4.67. The predicted molar refractivity (Wildman–Crippen MR) is 90.9 cm³/mol. The van der Waals surface area contributed by atoms with Crippen LogP contribution in [-0.4, -0.2) is 24.4 Å². The lowest BCUT2D eigenvalue weighted by atomic mass is 10.0. The Hall–Kier alpha value is -2.93. The molecule has 1 saturated heterocycles. The van der Waals surface area contributed by atoms with Crippen LogP contribution < -0.4 is 15.5 Å². The van der Waals surface area contributed by atoms with Crippen LogP contribution in [0.15, 0.2) is 48.5 Å². The summed E-state index contributed by atoms with van der Waals surface area (Å²) in [5.74, 6) is -3.04. The van der Waals surface area contributed by atoms with Crippen LogP contribution in [0.25, 0.3) is 0 Å². The summed E-state index contributed by atoms with van der Waals surface area (Å²) < 4.78 is 13.3. The average molecular weight is 362 g/mol. The highest BCUT2D eigenvalue weighted by atomic mass is 35.5. The molecule has 1 aliphatic heterocycles. The van der Waals surface area contributed by atoms with Crippen molar-refractivity contribution in [2.45, 2.75) is 0 Å². The molecule has 1 heterocycles. The minimum Gasteiger partial charge on any atom is -0.336 e. The second kappa shape index (κ2) is 6.90. The van der Waals surface area contributed by atoms with E-state index in [1.54, 1.807) is 30.3 Å². The molecule has 128 valence electrons. The predicted octanol–water partition coefficient (Wildman–Crippen LogP) is 2.79. The molecule has 1 unspecified atom stereocenters. The van der Waals surface area contributed by atoms with Crippen LogP contribution in [0.1, 0.15) is 0 Å². The number of nitrogens with zero attached hydrogens (tertiary/aromatic N) is 1. The normalized spacial score (nSPS) is 17.2.